The van der Waals surface area contributed by atoms with Gasteiger partial charge in [0.25, 0.3) is 0 Å². The number of hydrazone groups is 1. The molecule has 3 aromatic carbocycles. The lowest BCUT2D eigenvalue weighted by Crippen LogP contribution is -2.37. The molecule has 0 amide bonds. The molecule has 1 saturated heterocycles. The summed E-state index contributed by atoms with van der Waals surface area (Å²) >= 11 is 0. The quantitative estimate of drug-likeness (QED) is 0.331. The number of hydrogen-bond acceptors (Lipinski definition) is 7. The minimum atomic E-state index is 0.662. The third kappa shape index (κ3) is 4.70. The Kier molecular flexibility index (Phi) is 6.35. The summed E-state index contributed by atoms with van der Waals surface area (Å²) in [4.78, 5) is 12.0. The number of morpholine rings is 1. The molecule has 172 valence electrons. The summed E-state index contributed by atoms with van der Waals surface area (Å²) in [6, 6.07) is 22.4. The molecule has 0 saturated carbocycles. The summed E-state index contributed by atoms with van der Waals surface area (Å²) in [5, 5.41) is 5.40. The van der Waals surface area contributed by atoms with Crippen molar-refractivity contribution < 1.29 is 9.47 Å². The van der Waals surface area contributed by atoms with Crippen molar-refractivity contribution in [3.63, 3.8) is 0 Å². The van der Waals surface area contributed by atoms with Gasteiger partial charge in [0.05, 0.1) is 32.1 Å². The highest BCUT2D eigenvalue weighted by molar-refractivity contribution is 6.00. The summed E-state index contributed by atoms with van der Waals surface area (Å²) in [6.07, 6.45) is 1.81. The fourth-order valence-corrected chi connectivity index (χ4v) is 4.05. The van der Waals surface area contributed by atoms with Crippen molar-refractivity contribution in [1.29, 1.82) is 0 Å². The highest BCUT2D eigenvalue weighted by Crippen LogP contribution is 2.33. The number of benzene rings is 3. The van der Waals surface area contributed by atoms with Crippen LogP contribution in [0.1, 0.15) is 11.1 Å². The highest BCUT2D eigenvalue weighted by Gasteiger charge is 2.18. The van der Waals surface area contributed by atoms with E-state index in [4.69, 9.17) is 19.4 Å². The molecule has 0 spiro atoms. The van der Waals surface area contributed by atoms with E-state index in [1.165, 1.54) is 5.56 Å². The Morgan fingerprint density at radius 2 is 1.79 bits per heavy atom. The molecule has 0 atom stereocenters. The van der Waals surface area contributed by atoms with Gasteiger partial charge in [0.2, 0.25) is 5.95 Å². The van der Waals surface area contributed by atoms with Crippen LogP contribution in [0.15, 0.2) is 71.8 Å². The Morgan fingerprint density at radius 1 is 1.00 bits per heavy atom. The Labute approximate surface area is 199 Å². The first-order valence-corrected chi connectivity index (χ1v) is 11.3. The molecule has 0 unspecified atom stereocenters. The molecule has 0 radical (unpaired) electrons. The second-order valence-electron chi connectivity index (χ2n) is 8.19. The summed E-state index contributed by atoms with van der Waals surface area (Å²) in [5.41, 5.74) is 8.35. The first-order valence-electron chi connectivity index (χ1n) is 11.3. The predicted molar refractivity (Wildman–Crippen MR) is 137 cm³/mol. The van der Waals surface area contributed by atoms with E-state index in [2.05, 4.69) is 40.5 Å². The van der Waals surface area contributed by atoms with Crippen LogP contribution in [0.25, 0.3) is 22.0 Å². The van der Waals surface area contributed by atoms with E-state index in [1.54, 1.807) is 7.11 Å². The largest absolute Gasteiger partial charge is 0.497 e. The van der Waals surface area contributed by atoms with E-state index in [0.29, 0.717) is 25.0 Å². The monoisotopic (exact) mass is 453 g/mol. The SMILES string of the molecule is COc1ccc(-c2cccc3c(N/N=C/c4cccc(C)c4)nc(N4CCOCC4)nc23)cc1. The van der Waals surface area contributed by atoms with Crippen LogP contribution in [0.2, 0.25) is 0 Å². The van der Waals surface area contributed by atoms with E-state index in [9.17, 15) is 0 Å². The lowest BCUT2D eigenvalue weighted by atomic mass is 10.0. The van der Waals surface area contributed by atoms with Crippen molar-refractivity contribution in [2.75, 3.05) is 43.7 Å². The van der Waals surface area contributed by atoms with Gasteiger partial charge in [-0.1, -0.05) is 54.1 Å². The van der Waals surface area contributed by atoms with Crippen LogP contribution in [-0.4, -0.2) is 49.6 Å². The van der Waals surface area contributed by atoms with Gasteiger partial charge in [-0.25, -0.2) is 4.98 Å². The zero-order valence-corrected chi connectivity index (χ0v) is 19.4. The molecule has 2 heterocycles. The maximum absolute atomic E-state index is 5.53. The van der Waals surface area contributed by atoms with E-state index in [1.807, 2.05) is 54.7 Å². The molecular weight excluding hydrogens is 426 g/mol. The number of nitrogens with zero attached hydrogens (tertiary/aromatic N) is 4. The molecule has 1 aromatic heterocycles. The maximum atomic E-state index is 5.53. The van der Waals surface area contributed by atoms with Gasteiger partial charge in [0, 0.05) is 24.0 Å². The minimum Gasteiger partial charge on any atom is -0.497 e. The van der Waals surface area contributed by atoms with Crippen LogP contribution < -0.4 is 15.1 Å². The molecule has 1 N–H and O–H groups in total. The summed E-state index contributed by atoms with van der Waals surface area (Å²) < 4.78 is 10.9. The molecule has 1 fully saturated rings. The second-order valence-corrected chi connectivity index (χ2v) is 8.19. The van der Waals surface area contributed by atoms with Gasteiger partial charge in [-0.05, 0) is 36.2 Å². The van der Waals surface area contributed by atoms with Crippen molar-refractivity contribution in [3.05, 3.63) is 77.9 Å². The summed E-state index contributed by atoms with van der Waals surface area (Å²) in [5.74, 6) is 2.16. The van der Waals surface area contributed by atoms with Gasteiger partial charge >= 0.3 is 0 Å². The zero-order valence-electron chi connectivity index (χ0n) is 19.4. The first kappa shape index (κ1) is 21.9. The van der Waals surface area contributed by atoms with Gasteiger partial charge in [-0.3, -0.25) is 5.43 Å². The Hall–Kier alpha value is -3.97. The molecule has 7 nitrogen and oxygen atoms in total. The van der Waals surface area contributed by atoms with E-state index >= 15 is 0 Å². The molecule has 0 aliphatic carbocycles. The number of methoxy groups -OCH3 is 1. The van der Waals surface area contributed by atoms with E-state index in [-0.39, 0.29) is 0 Å². The molecule has 0 bridgehead atoms. The van der Waals surface area contributed by atoms with E-state index in [0.717, 1.165) is 46.4 Å². The van der Waals surface area contributed by atoms with Crippen LogP contribution in [0.4, 0.5) is 11.8 Å². The summed E-state index contributed by atoms with van der Waals surface area (Å²) in [7, 11) is 1.67. The number of aryl methyl sites for hydroxylation is 1. The summed E-state index contributed by atoms with van der Waals surface area (Å²) in [6.45, 7) is 4.90. The molecule has 1 aliphatic rings. The molecule has 34 heavy (non-hydrogen) atoms. The number of nitrogens with one attached hydrogen (secondary N) is 1. The molecule has 5 rings (SSSR count). The van der Waals surface area contributed by atoms with Gasteiger partial charge < -0.3 is 14.4 Å². The highest BCUT2D eigenvalue weighted by atomic mass is 16.5. The van der Waals surface area contributed by atoms with E-state index < -0.39 is 0 Å². The Morgan fingerprint density at radius 3 is 2.56 bits per heavy atom. The third-order valence-electron chi connectivity index (χ3n) is 5.84. The number of aromatic nitrogens is 2. The average Bonchev–Trinajstić information content (AvgIpc) is 2.89. The van der Waals surface area contributed by atoms with Crippen molar-refractivity contribution >= 4 is 28.9 Å². The van der Waals surface area contributed by atoms with Gasteiger partial charge in [-0.15, -0.1) is 0 Å². The molecule has 4 aromatic rings. The number of fused-ring (bicyclic) bond motifs is 1. The number of para-hydroxylation sites is 1. The lowest BCUT2D eigenvalue weighted by molar-refractivity contribution is 0.122. The average molecular weight is 454 g/mol. The number of anilines is 2. The van der Waals surface area contributed by atoms with Gasteiger partial charge in [0.1, 0.15) is 5.75 Å². The van der Waals surface area contributed by atoms with Crippen LogP contribution in [0, 0.1) is 6.92 Å². The zero-order chi connectivity index (χ0) is 23.3. The van der Waals surface area contributed by atoms with Crippen molar-refractivity contribution in [3.8, 4) is 16.9 Å². The van der Waals surface area contributed by atoms with Gasteiger partial charge in [0.15, 0.2) is 5.82 Å². The number of hydrogen-bond donors (Lipinski definition) is 1. The normalized spacial score (nSPS) is 14.0. The molecule has 1 aliphatic heterocycles. The standard InChI is InChI=1S/C27H27N5O2/c1-19-5-3-6-20(17-19)18-28-31-26-24-8-4-7-23(21-9-11-22(33-2)12-10-21)25(24)29-27(30-26)32-13-15-34-16-14-32/h3-12,17-18H,13-16H2,1-2H3,(H,29,30,31)/b28-18+. The lowest BCUT2D eigenvalue weighted by Gasteiger charge is -2.27. The Balaban J connectivity index is 1.58. The molecular formula is C27H27N5O2. The van der Waals surface area contributed by atoms with Crippen LogP contribution in [0.3, 0.4) is 0 Å². The van der Waals surface area contributed by atoms with Crippen molar-refractivity contribution in [1.82, 2.24) is 9.97 Å². The third-order valence-corrected chi connectivity index (χ3v) is 5.84. The fraction of sp³-hybridized carbons (Fsp3) is 0.222. The predicted octanol–water partition coefficient (Wildman–Crippen LogP) is 4.90. The topological polar surface area (TPSA) is 71.9 Å². The Bertz CT molecular complexity index is 1310. The number of ether oxygens (including phenoxy) is 2. The molecule has 7 heteroatoms. The van der Waals surface area contributed by atoms with Crippen LogP contribution in [-0.2, 0) is 4.74 Å². The fourth-order valence-electron chi connectivity index (χ4n) is 4.05. The smallest absolute Gasteiger partial charge is 0.228 e. The number of rotatable bonds is 6. The van der Waals surface area contributed by atoms with Crippen LogP contribution in [0.5, 0.6) is 5.75 Å². The second kappa shape index (κ2) is 9.89. The van der Waals surface area contributed by atoms with Crippen LogP contribution >= 0.6 is 0 Å². The van der Waals surface area contributed by atoms with Crippen molar-refractivity contribution in [2.24, 2.45) is 5.10 Å². The maximum Gasteiger partial charge on any atom is 0.228 e. The minimum absolute atomic E-state index is 0.662. The first-order chi connectivity index (χ1) is 16.7. The van der Waals surface area contributed by atoms with Crippen molar-refractivity contribution in [2.45, 2.75) is 6.92 Å². The van der Waals surface area contributed by atoms with Gasteiger partial charge in [-0.2, -0.15) is 10.1 Å².